The molecular weight excluding hydrogens is 460 g/mol. The van der Waals surface area contributed by atoms with E-state index in [2.05, 4.69) is 34.2 Å². The lowest BCUT2D eigenvalue weighted by atomic mass is 10.1. The third-order valence-electron chi connectivity index (χ3n) is 4.15. The van der Waals surface area contributed by atoms with E-state index in [1.54, 1.807) is 0 Å². The van der Waals surface area contributed by atoms with Gasteiger partial charge in [0.05, 0.1) is 9.79 Å². The Morgan fingerprint density at radius 1 is 0.531 bits per heavy atom. The second kappa shape index (κ2) is 10.9. The maximum Gasteiger partial charge on any atom is 0.167 e. The number of H-pyrrole nitrogens is 2. The van der Waals surface area contributed by atoms with Crippen LogP contribution in [0.3, 0.4) is 0 Å². The van der Waals surface area contributed by atoms with E-state index >= 15 is 0 Å². The summed E-state index contributed by atoms with van der Waals surface area (Å²) < 4.78 is 66.1. The normalized spacial score (nSPS) is 10.8. The summed E-state index contributed by atoms with van der Waals surface area (Å²) >= 11 is 0. The van der Waals surface area contributed by atoms with Gasteiger partial charge in [-0.15, -0.1) is 0 Å². The maximum atomic E-state index is 11.0. The van der Waals surface area contributed by atoms with Crippen LogP contribution >= 0.6 is 0 Å². The van der Waals surface area contributed by atoms with Gasteiger partial charge in [-0.1, -0.05) is 24.3 Å². The van der Waals surface area contributed by atoms with Gasteiger partial charge in [-0.3, -0.25) is 0 Å². The predicted octanol–water partition coefficient (Wildman–Crippen LogP) is -0.0196. The Kier molecular flexibility index (Phi) is 9.09. The number of hydrogen-bond acceptors (Lipinski definition) is 6. The molecule has 0 bridgehead atoms. The van der Waals surface area contributed by atoms with Crippen molar-refractivity contribution in [2.24, 2.45) is 0 Å². The number of rotatable bonds is 3. The van der Waals surface area contributed by atoms with Crippen LogP contribution in [-0.2, 0) is 20.2 Å². The SMILES string of the molecule is O.O.O=S(=O)([O-])c1cccc2c(S(=O)(=O)[O-])cccc12.c1cc(-c2cc[nH+]cc2)cc[nH+]1. The van der Waals surface area contributed by atoms with E-state index in [0.29, 0.717) is 0 Å². The Bertz CT molecular complexity index is 1270. The molecule has 0 aliphatic rings. The fourth-order valence-corrected chi connectivity index (χ4v) is 4.23. The summed E-state index contributed by atoms with van der Waals surface area (Å²) in [5.41, 5.74) is 2.45. The molecule has 0 aliphatic carbocycles. The van der Waals surface area contributed by atoms with Crippen LogP contribution in [0.4, 0.5) is 0 Å². The molecule has 0 saturated carbocycles. The van der Waals surface area contributed by atoms with Gasteiger partial charge in [-0.25, -0.2) is 26.8 Å². The highest BCUT2D eigenvalue weighted by atomic mass is 32.2. The van der Waals surface area contributed by atoms with Crippen molar-refractivity contribution in [3.8, 4) is 11.1 Å². The molecule has 2 aromatic heterocycles. The second-order valence-corrected chi connectivity index (χ2v) is 8.79. The van der Waals surface area contributed by atoms with Crippen molar-refractivity contribution < 1.29 is 46.9 Å². The number of benzene rings is 2. The third-order valence-corrected chi connectivity index (χ3v) is 5.94. The number of aromatic amines is 2. The first kappa shape index (κ1) is 26.8. The van der Waals surface area contributed by atoms with Gasteiger partial charge in [0.2, 0.25) is 0 Å². The molecule has 0 saturated heterocycles. The van der Waals surface area contributed by atoms with Gasteiger partial charge < -0.3 is 20.1 Å². The lowest BCUT2D eigenvalue weighted by Gasteiger charge is -2.14. The number of hydrogen-bond donors (Lipinski definition) is 0. The zero-order chi connectivity index (χ0) is 21.8. The molecule has 2 heterocycles. The largest absolute Gasteiger partial charge is 0.744 e. The molecule has 170 valence electrons. The van der Waals surface area contributed by atoms with E-state index in [4.69, 9.17) is 0 Å². The maximum absolute atomic E-state index is 11.0. The van der Waals surface area contributed by atoms with Crippen LogP contribution < -0.4 is 9.97 Å². The Balaban J connectivity index is 0.000000321. The van der Waals surface area contributed by atoms with Crippen molar-refractivity contribution >= 4 is 31.0 Å². The van der Waals surface area contributed by atoms with Crippen molar-refractivity contribution in [2.75, 3.05) is 0 Å². The number of fused-ring (bicyclic) bond motifs is 1. The molecule has 0 amide bonds. The molecule has 0 spiro atoms. The first-order chi connectivity index (χ1) is 14.2. The summed E-state index contributed by atoms with van der Waals surface area (Å²) in [5.74, 6) is 0. The standard InChI is InChI=1S/C10H8N2.C10H8O6S2.2H2O/c1-5-11-6-2-9(1)10-3-7-12-8-4-10;11-17(12,13)9-5-1-3-7-8(9)4-2-6-10(7)18(14,15)16;;/h1-8H;1-6H,(H,11,12,13)(H,14,15,16);2*1H2. The molecule has 0 radical (unpaired) electrons. The monoisotopic (exact) mass is 480 g/mol. The lowest BCUT2D eigenvalue weighted by molar-refractivity contribution is -0.378. The summed E-state index contributed by atoms with van der Waals surface area (Å²) in [6.45, 7) is 0. The minimum atomic E-state index is -4.74. The average Bonchev–Trinajstić information content (AvgIpc) is 2.73. The molecule has 4 rings (SSSR count). The minimum absolute atomic E-state index is 0. The van der Waals surface area contributed by atoms with E-state index in [0.717, 1.165) is 12.1 Å². The van der Waals surface area contributed by atoms with Crippen molar-refractivity contribution in [3.63, 3.8) is 0 Å². The average molecular weight is 481 g/mol. The van der Waals surface area contributed by atoms with Gasteiger partial charge in [0.25, 0.3) is 0 Å². The molecule has 10 nitrogen and oxygen atoms in total. The van der Waals surface area contributed by atoms with Gasteiger partial charge in [-0.05, 0) is 23.3 Å². The highest BCUT2D eigenvalue weighted by Crippen LogP contribution is 2.27. The first-order valence-corrected chi connectivity index (χ1v) is 11.4. The van der Waals surface area contributed by atoms with E-state index in [1.807, 2.05) is 24.8 Å². The molecule has 2 aromatic carbocycles. The van der Waals surface area contributed by atoms with E-state index in [9.17, 15) is 25.9 Å². The van der Waals surface area contributed by atoms with Gasteiger partial charge in [0.1, 0.15) is 20.2 Å². The summed E-state index contributed by atoms with van der Waals surface area (Å²) in [5, 5.41) is -0.158. The molecule has 0 aliphatic heterocycles. The topological polar surface area (TPSA) is 206 Å². The zero-order valence-corrected chi connectivity index (χ0v) is 18.0. The summed E-state index contributed by atoms with van der Waals surface area (Å²) in [6.07, 6.45) is 7.69. The van der Waals surface area contributed by atoms with Gasteiger partial charge in [0, 0.05) is 35.0 Å². The van der Waals surface area contributed by atoms with Crippen LogP contribution in [0, 0.1) is 0 Å². The molecule has 0 atom stereocenters. The van der Waals surface area contributed by atoms with Crippen LogP contribution in [-0.4, -0.2) is 36.9 Å². The fourth-order valence-electron chi connectivity index (χ4n) is 2.85. The van der Waals surface area contributed by atoms with Crippen LogP contribution in [0.1, 0.15) is 0 Å². The highest BCUT2D eigenvalue weighted by molar-refractivity contribution is 7.86. The van der Waals surface area contributed by atoms with Crippen molar-refractivity contribution in [3.05, 3.63) is 85.5 Å². The smallest absolute Gasteiger partial charge is 0.167 e. The number of nitrogens with one attached hydrogen (secondary N) is 2. The zero-order valence-electron chi connectivity index (χ0n) is 16.3. The van der Waals surface area contributed by atoms with Crippen LogP contribution in [0.2, 0.25) is 0 Å². The number of pyridine rings is 2. The quantitative estimate of drug-likeness (QED) is 0.368. The molecule has 0 unspecified atom stereocenters. The molecule has 0 fully saturated rings. The molecule has 12 heteroatoms. The number of aromatic nitrogens is 2. The van der Waals surface area contributed by atoms with Crippen molar-refractivity contribution in [1.82, 2.24) is 0 Å². The third kappa shape index (κ3) is 6.37. The Morgan fingerprint density at radius 2 is 0.844 bits per heavy atom. The van der Waals surface area contributed by atoms with Crippen LogP contribution in [0.25, 0.3) is 21.9 Å². The van der Waals surface area contributed by atoms with Crippen LogP contribution in [0.15, 0.2) is 95.2 Å². The van der Waals surface area contributed by atoms with Gasteiger partial charge in [0.15, 0.2) is 24.8 Å². The summed E-state index contributed by atoms with van der Waals surface area (Å²) in [6, 6.07) is 15.3. The van der Waals surface area contributed by atoms with Crippen LogP contribution in [0.5, 0.6) is 0 Å². The minimum Gasteiger partial charge on any atom is -0.744 e. The summed E-state index contributed by atoms with van der Waals surface area (Å²) in [4.78, 5) is 4.89. The molecule has 32 heavy (non-hydrogen) atoms. The Labute approximate surface area is 184 Å². The second-order valence-electron chi connectivity index (χ2n) is 6.09. The van der Waals surface area contributed by atoms with Crippen molar-refractivity contribution in [2.45, 2.75) is 9.79 Å². The highest BCUT2D eigenvalue weighted by Gasteiger charge is 2.12. The van der Waals surface area contributed by atoms with E-state index in [-0.39, 0.29) is 21.7 Å². The molecule has 4 aromatic rings. The van der Waals surface area contributed by atoms with E-state index < -0.39 is 30.0 Å². The fraction of sp³-hybridized carbons (Fsp3) is 0. The summed E-state index contributed by atoms with van der Waals surface area (Å²) in [7, 11) is -9.48. The Hall–Kier alpha value is -3.26. The first-order valence-electron chi connectivity index (χ1n) is 8.54. The lowest BCUT2D eigenvalue weighted by Crippen LogP contribution is -2.03. The van der Waals surface area contributed by atoms with Gasteiger partial charge >= 0.3 is 0 Å². The van der Waals surface area contributed by atoms with E-state index in [1.165, 1.54) is 35.4 Å². The van der Waals surface area contributed by atoms with Gasteiger partial charge in [-0.2, -0.15) is 0 Å². The van der Waals surface area contributed by atoms with Crippen molar-refractivity contribution in [1.29, 1.82) is 0 Å². The Morgan fingerprint density at radius 3 is 1.12 bits per heavy atom. The molecular formula is C20H20N2O8S2. The molecule has 6 N–H and O–H groups in total. The predicted molar refractivity (Wildman–Crippen MR) is 112 cm³/mol.